The molecule has 16 heavy (non-hydrogen) atoms. The zero-order valence-corrected chi connectivity index (χ0v) is 9.74. The van der Waals surface area contributed by atoms with Crippen molar-refractivity contribution >= 4 is 17.5 Å². The van der Waals surface area contributed by atoms with Gasteiger partial charge in [-0.1, -0.05) is 6.42 Å². The smallest absolute Gasteiger partial charge is 0.289 e. The van der Waals surface area contributed by atoms with Crippen molar-refractivity contribution in [2.75, 3.05) is 13.1 Å². The van der Waals surface area contributed by atoms with Crippen molar-refractivity contribution in [3.63, 3.8) is 0 Å². The molecule has 2 fully saturated rings. The maximum Gasteiger partial charge on any atom is 0.289 e. The number of furan rings is 1. The lowest BCUT2D eigenvalue weighted by Crippen LogP contribution is -2.29. The Morgan fingerprint density at radius 3 is 2.56 bits per heavy atom. The van der Waals surface area contributed by atoms with Gasteiger partial charge in [-0.3, -0.25) is 4.79 Å². The minimum atomic E-state index is -0.0127. The lowest BCUT2D eigenvalue weighted by molar-refractivity contribution is 0.0749. The standard InChI is InChI=1S/C12H14ClNO2/c13-11-5-4-10(16-11)12(15)14-6-8-2-1-3-9(8)7-14/h4-5,8-9H,1-3,6-7H2. The molecule has 3 rings (SSSR count). The summed E-state index contributed by atoms with van der Waals surface area (Å²) < 4.78 is 5.15. The number of carbonyl (C=O) groups excluding carboxylic acids is 1. The molecule has 1 aromatic heterocycles. The molecule has 2 aliphatic rings. The lowest BCUT2D eigenvalue weighted by atomic mass is 10.0. The van der Waals surface area contributed by atoms with Crippen LogP contribution < -0.4 is 0 Å². The van der Waals surface area contributed by atoms with E-state index in [-0.39, 0.29) is 11.1 Å². The lowest BCUT2D eigenvalue weighted by Gasteiger charge is -2.15. The van der Waals surface area contributed by atoms with Gasteiger partial charge in [-0.25, -0.2) is 0 Å². The van der Waals surface area contributed by atoms with E-state index in [4.69, 9.17) is 16.0 Å². The highest BCUT2D eigenvalue weighted by Gasteiger charge is 2.38. The molecule has 0 radical (unpaired) electrons. The van der Waals surface area contributed by atoms with Crippen molar-refractivity contribution in [3.05, 3.63) is 23.1 Å². The molecular weight excluding hydrogens is 226 g/mol. The van der Waals surface area contributed by atoms with Gasteiger partial charge in [0, 0.05) is 13.1 Å². The Morgan fingerprint density at radius 1 is 1.31 bits per heavy atom. The highest BCUT2D eigenvalue weighted by Crippen LogP contribution is 2.38. The van der Waals surface area contributed by atoms with Gasteiger partial charge in [-0.15, -0.1) is 0 Å². The molecule has 1 saturated carbocycles. The first kappa shape index (κ1) is 10.2. The minimum absolute atomic E-state index is 0.0127. The third kappa shape index (κ3) is 1.63. The predicted octanol–water partition coefficient (Wildman–Crippen LogP) is 2.81. The Labute approximate surface area is 99.4 Å². The van der Waals surface area contributed by atoms with Crippen LogP contribution in [0.4, 0.5) is 0 Å². The quantitative estimate of drug-likeness (QED) is 0.755. The van der Waals surface area contributed by atoms with Gasteiger partial charge >= 0.3 is 0 Å². The van der Waals surface area contributed by atoms with Crippen molar-refractivity contribution in [1.29, 1.82) is 0 Å². The highest BCUT2D eigenvalue weighted by atomic mass is 35.5. The van der Waals surface area contributed by atoms with E-state index >= 15 is 0 Å². The summed E-state index contributed by atoms with van der Waals surface area (Å²) in [7, 11) is 0. The topological polar surface area (TPSA) is 33.5 Å². The molecule has 0 bridgehead atoms. The predicted molar refractivity (Wildman–Crippen MR) is 60.5 cm³/mol. The summed E-state index contributed by atoms with van der Waals surface area (Å²) in [5.41, 5.74) is 0. The summed E-state index contributed by atoms with van der Waals surface area (Å²) in [6, 6.07) is 3.27. The second-order valence-corrected chi connectivity index (χ2v) is 5.14. The fourth-order valence-corrected chi connectivity index (χ4v) is 3.13. The van der Waals surface area contributed by atoms with Crippen molar-refractivity contribution in [3.8, 4) is 0 Å². The summed E-state index contributed by atoms with van der Waals surface area (Å²) >= 11 is 5.67. The van der Waals surface area contributed by atoms with Gasteiger partial charge in [0.25, 0.3) is 5.91 Å². The molecule has 3 nitrogen and oxygen atoms in total. The van der Waals surface area contributed by atoms with E-state index in [2.05, 4.69) is 0 Å². The molecule has 86 valence electrons. The first-order chi connectivity index (χ1) is 7.74. The van der Waals surface area contributed by atoms with E-state index in [1.165, 1.54) is 19.3 Å². The summed E-state index contributed by atoms with van der Waals surface area (Å²) in [6.07, 6.45) is 3.87. The van der Waals surface area contributed by atoms with Gasteiger partial charge in [0.1, 0.15) is 0 Å². The molecule has 1 aliphatic heterocycles. The van der Waals surface area contributed by atoms with Crippen LogP contribution in [-0.2, 0) is 0 Å². The van der Waals surface area contributed by atoms with Crippen LogP contribution in [0.3, 0.4) is 0 Å². The molecular formula is C12H14ClNO2. The number of nitrogens with zero attached hydrogens (tertiary/aromatic N) is 1. The monoisotopic (exact) mass is 239 g/mol. The van der Waals surface area contributed by atoms with Crippen LogP contribution in [-0.4, -0.2) is 23.9 Å². The Bertz CT molecular complexity index is 403. The van der Waals surface area contributed by atoms with Crippen molar-refractivity contribution in [2.45, 2.75) is 19.3 Å². The molecule has 1 aromatic rings. The maximum atomic E-state index is 12.1. The molecule has 1 aliphatic carbocycles. The summed E-state index contributed by atoms with van der Waals surface area (Å²) in [4.78, 5) is 14.0. The van der Waals surface area contributed by atoms with Gasteiger partial charge < -0.3 is 9.32 Å². The zero-order valence-electron chi connectivity index (χ0n) is 8.99. The van der Waals surface area contributed by atoms with E-state index in [0.29, 0.717) is 5.76 Å². The number of hydrogen-bond acceptors (Lipinski definition) is 2. The number of hydrogen-bond donors (Lipinski definition) is 0. The Hall–Kier alpha value is -0.960. The Balaban J connectivity index is 1.73. The van der Waals surface area contributed by atoms with E-state index in [1.807, 2.05) is 4.90 Å². The van der Waals surface area contributed by atoms with Crippen LogP contribution in [0.1, 0.15) is 29.8 Å². The van der Waals surface area contributed by atoms with Crippen LogP contribution in [0.15, 0.2) is 16.5 Å². The Kier molecular flexibility index (Phi) is 2.43. The van der Waals surface area contributed by atoms with E-state index in [9.17, 15) is 4.79 Å². The molecule has 4 heteroatoms. The number of rotatable bonds is 1. The molecule has 0 aromatic carbocycles. The van der Waals surface area contributed by atoms with Crippen LogP contribution >= 0.6 is 11.6 Å². The maximum absolute atomic E-state index is 12.1. The first-order valence-electron chi connectivity index (χ1n) is 5.78. The SMILES string of the molecule is O=C(c1ccc(Cl)o1)N1CC2CCCC2C1. The molecule has 2 unspecified atom stereocenters. The van der Waals surface area contributed by atoms with Gasteiger partial charge in [-0.2, -0.15) is 0 Å². The van der Waals surface area contributed by atoms with Gasteiger partial charge in [0.2, 0.25) is 0 Å². The third-order valence-corrected chi connectivity index (χ3v) is 4.00. The van der Waals surface area contributed by atoms with Gasteiger partial charge in [-0.05, 0) is 48.4 Å². The zero-order chi connectivity index (χ0) is 11.1. The van der Waals surface area contributed by atoms with Crippen molar-refractivity contribution in [2.24, 2.45) is 11.8 Å². The average molecular weight is 240 g/mol. The molecule has 0 spiro atoms. The number of amides is 1. The number of fused-ring (bicyclic) bond motifs is 1. The molecule has 2 atom stereocenters. The van der Waals surface area contributed by atoms with Crippen LogP contribution in [0.2, 0.25) is 5.22 Å². The van der Waals surface area contributed by atoms with E-state index in [0.717, 1.165) is 24.9 Å². The normalized spacial score (nSPS) is 28.4. The largest absolute Gasteiger partial charge is 0.440 e. The van der Waals surface area contributed by atoms with Crippen molar-refractivity contribution in [1.82, 2.24) is 4.90 Å². The van der Waals surface area contributed by atoms with Gasteiger partial charge in [0.15, 0.2) is 11.0 Å². The third-order valence-electron chi connectivity index (χ3n) is 3.80. The van der Waals surface area contributed by atoms with Crippen LogP contribution in [0, 0.1) is 11.8 Å². The molecule has 2 heterocycles. The number of likely N-dealkylation sites (tertiary alicyclic amines) is 1. The van der Waals surface area contributed by atoms with E-state index in [1.54, 1.807) is 12.1 Å². The summed E-state index contributed by atoms with van der Waals surface area (Å²) in [5, 5.41) is 0.280. The second kappa shape index (κ2) is 3.81. The summed E-state index contributed by atoms with van der Waals surface area (Å²) in [6.45, 7) is 1.78. The highest BCUT2D eigenvalue weighted by molar-refractivity contribution is 6.29. The molecule has 0 N–H and O–H groups in total. The average Bonchev–Trinajstić information content (AvgIpc) is 2.89. The first-order valence-corrected chi connectivity index (χ1v) is 6.16. The fraction of sp³-hybridized carbons (Fsp3) is 0.583. The van der Waals surface area contributed by atoms with Crippen LogP contribution in [0.5, 0.6) is 0 Å². The van der Waals surface area contributed by atoms with Crippen molar-refractivity contribution < 1.29 is 9.21 Å². The number of carbonyl (C=O) groups is 1. The summed E-state index contributed by atoms with van der Waals surface area (Å²) in [5.74, 6) is 1.79. The van der Waals surface area contributed by atoms with E-state index < -0.39 is 0 Å². The second-order valence-electron chi connectivity index (χ2n) is 4.76. The number of halogens is 1. The van der Waals surface area contributed by atoms with Crippen LogP contribution in [0.25, 0.3) is 0 Å². The molecule has 1 saturated heterocycles. The van der Waals surface area contributed by atoms with Gasteiger partial charge in [0.05, 0.1) is 0 Å². The molecule has 1 amide bonds. The minimum Gasteiger partial charge on any atom is -0.440 e. The fourth-order valence-electron chi connectivity index (χ4n) is 2.99. The Morgan fingerprint density at radius 2 is 2.00 bits per heavy atom.